The molecule has 6 heteroatoms. The number of halogens is 1. The van der Waals surface area contributed by atoms with Crippen LogP contribution in [0.2, 0.25) is 0 Å². The summed E-state index contributed by atoms with van der Waals surface area (Å²) in [6, 6.07) is 2.88. The Balaban J connectivity index is 2.99. The molecule has 4 nitrogen and oxygen atoms in total. The van der Waals surface area contributed by atoms with Crippen LogP contribution in [0.4, 0.5) is 0 Å². The minimum absolute atomic E-state index is 0.0298. The first kappa shape index (κ1) is 11.6. The van der Waals surface area contributed by atoms with Crippen molar-refractivity contribution in [3.05, 3.63) is 17.9 Å². The number of furan rings is 1. The largest absolute Gasteiger partial charge is 0.448 e. The molecule has 0 fully saturated rings. The lowest BCUT2D eigenvalue weighted by Crippen LogP contribution is -2.08. The summed E-state index contributed by atoms with van der Waals surface area (Å²) in [6.07, 6.45) is 1.82. The van der Waals surface area contributed by atoms with Crippen LogP contribution < -0.4 is 4.84 Å². The predicted octanol–water partition coefficient (Wildman–Crippen LogP) is 1.88. The van der Waals surface area contributed by atoms with E-state index in [2.05, 4.69) is 4.84 Å². The molecule has 1 N–H and O–H groups in total. The van der Waals surface area contributed by atoms with E-state index in [1.807, 2.05) is 6.92 Å². The van der Waals surface area contributed by atoms with Crippen molar-refractivity contribution in [2.45, 2.75) is 24.5 Å². The van der Waals surface area contributed by atoms with Crippen LogP contribution in [0.1, 0.15) is 25.1 Å². The molecule has 1 unspecified atom stereocenters. The molecule has 0 saturated heterocycles. The average Bonchev–Trinajstić information content (AvgIpc) is 2.54. The number of hydrogen-bond acceptors (Lipinski definition) is 4. The van der Waals surface area contributed by atoms with Crippen molar-refractivity contribution >= 4 is 21.6 Å². The maximum Gasteiger partial charge on any atom is 0.217 e. The summed E-state index contributed by atoms with van der Waals surface area (Å²) in [4.78, 5) is 2.52. The van der Waals surface area contributed by atoms with Gasteiger partial charge in [-0.05, 0) is 30.3 Å². The van der Waals surface area contributed by atoms with Crippen LogP contribution >= 0.6 is 11.8 Å². The van der Waals surface area contributed by atoms with Gasteiger partial charge in [0.05, 0.1) is 6.04 Å². The number of sulfone groups is 1. The zero-order valence-corrected chi connectivity index (χ0v) is 9.52. The van der Waals surface area contributed by atoms with Crippen molar-refractivity contribution in [2.75, 3.05) is 6.26 Å². The van der Waals surface area contributed by atoms with E-state index in [1.165, 1.54) is 6.07 Å². The van der Waals surface area contributed by atoms with Gasteiger partial charge in [-0.2, -0.15) is 0 Å². The van der Waals surface area contributed by atoms with Crippen molar-refractivity contribution in [1.82, 2.24) is 4.84 Å². The molecule has 1 rings (SSSR count). The van der Waals surface area contributed by atoms with Crippen LogP contribution in [-0.2, 0) is 9.84 Å². The Morgan fingerprint density at radius 2 is 2.21 bits per heavy atom. The number of nitrogens with one attached hydrogen (secondary N) is 1. The molecule has 1 aromatic rings. The van der Waals surface area contributed by atoms with Gasteiger partial charge in [-0.15, -0.1) is 0 Å². The summed E-state index contributed by atoms with van der Waals surface area (Å²) < 4.78 is 27.4. The zero-order valence-electron chi connectivity index (χ0n) is 7.95. The Labute approximate surface area is 88.3 Å². The van der Waals surface area contributed by atoms with Crippen LogP contribution in [0.3, 0.4) is 0 Å². The normalized spacial score (nSPS) is 14.2. The third-order valence-electron chi connectivity index (χ3n) is 1.85. The highest BCUT2D eigenvalue weighted by Crippen LogP contribution is 2.22. The quantitative estimate of drug-likeness (QED) is 0.813. The average molecular weight is 238 g/mol. The Bertz CT molecular complexity index is 394. The Morgan fingerprint density at radius 3 is 2.57 bits per heavy atom. The minimum Gasteiger partial charge on any atom is -0.448 e. The molecule has 1 heterocycles. The first-order chi connectivity index (χ1) is 6.49. The third-order valence-corrected chi connectivity index (χ3v) is 3.06. The fourth-order valence-electron chi connectivity index (χ4n) is 1.05. The molecule has 0 spiro atoms. The van der Waals surface area contributed by atoms with Crippen LogP contribution in [0, 0.1) is 0 Å². The van der Waals surface area contributed by atoms with Gasteiger partial charge in [0.2, 0.25) is 14.9 Å². The van der Waals surface area contributed by atoms with E-state index in [4.69, 9.17) is 16.2 Å². The number of hydrogen-bond donors (Lipinski definition) is 1. The molecule has 0 radical (unpaired) electrons. The topological polar surface area (TPSA) is 59.3 Å². The lowest BCUT2D eigenvalue weighted by Gasteiger charge is -2.07. The van der Waals surface area contributed by atoms with Gasteiger partial charge in [-0.3, -0.25) is 0 Å². The highest BCUT2D eigenvalue weighted by atomic mass is 35.5. The maximum atomic E-state index is 11.1. The second-order valence-corrected chi connectivity index (χ2v) is 5.16. The molecule has 1 atom stereocenters. The molecule has 80 valence electrons. The molecular formula is C8H12ClNO3S. The predicted molar refractivity (Wildman–Crippen MR) is 53.8 cm³/mol. The van der Waals surface area contributed by atoms with Gasteiger partial charge in [-0.1, -0.05) is 6.92 Å². The molecule has 0 saturated carbocycles. The summed E-state index contributed by atoms with van der Waals surface area (Å²) in [7, 11) is -3.27. The van der Waals surface area contributed by atoms with Crippen molar-refractivity contribution in [2.24, 2.45) is 0 Å². The van der Waals surface area contributed by atoms with Gasteiger partial charge in [0.15, 0.2) is 0 Å². The van der Waals surface area contributed by atoms with E-state index in [0.29, 0.717) is 5.76 Å². The van der Waals surface area contributed by atoms with Gasteiger partial charge in [-0.25, -0.2) is 13.3 Å². The van der Waals surface area contributed by atoms with Crippen LogP contribution in [0.5, 0.6) is 0 Å². The molecule has 0 aliphatic carbocycles. The van der Waals surface area contributed by atoms with E-state index < -0.39 is 9.84 Å². The van der Waals surface area contributed by atoms with Crippen LogP contribution in [-0.4, -0.2) is 14.7 Å². The van der Waals surface area contributed by atoms with Crippen molar-refractivity contribution in [1.29, 1.82) is 0 Å². The lowest BCUT2D eigenvalue weighted by molar-refractivity contribution is 0.379. The SMILES string of the molecule is CCC(NCl)c1ccc(S(C)(=O)=O)o1. The standard InChI is InChI=1S/C8H12ClNO3S/c1-3-6(10-9)7-4-5-8(13-7)14(2,11)12/h4-6,10H,3H2,1-2H3. The smallest absolute Gasteiger partial charge is 0.217 e. The summed E-state index contributed by atoms with van der Waals surface area (Å²) in [6.45, 7) is 1.92. The van der Waals surface area contributed by atoms with Gasteiger partial charge in [0.25, 0.3) is 0 Å². The van der Waals surface area contributed by atoms with E-state index in [0.717, 1.165) is 12.7 Å². The van der Waals surface area contributed by atoms with Crippen molar-refractivity contribution in [3.63, 3.8) is 0 Å². The summed E-state index contributed by atoms with van der Waals surface area (Å²) in [5.74, 6) is 0.530. The molecule has 0 bridgehead atoms. The van der Waals surface area contributed by atoms with Gasteiger partial charge in [0.1, 0.15) is 5.76 Å². The first-order valence-corrected chi connectivity index (χ1v) is 6.42. The van der Waals surface area contributed by atoms with Crippen LogP contribution in [0.15, 0.2) is 21.6 Å². The molecule has 0 aliphatic rings. The zero-order chi connectivity index (χ0) is 10.8. The van der Waals surface area contributed by atoms with Crippen molar-refractivity contribution < 1.29 is 12.8 Å². The van der Waals surface area contributed by atoms with E-state index >= 15 is 0 Å². The molecular weight excluding hydrogens is 226 g/mol. The first-order valence-electron chi connectivity index (χ1n) is 4.15. The van der Waals surface area contributed by atoms with E-state index in [9.17, 15) is 8.42 Å². The highest BCUT2D eigenvalue weighted by molar-refractivity contribution is 7.90. The second-order valence-electron chi connectivity index (χ2n) is 3.00. The van der Waals surface area contributed by atoms with Gasteiger partial charge < -0.3 is 4.42 Å². The monoisotopic (exact) mass is 237 g/mol. The minimum atomic E-state index is -3.27. The van der Waals surface area contributed by atoms with Crippen molar-refractivity contribution in [3.8, 4) is 0 Å². The summed E-state index contributed by atoms with van der Waals surface area (Å²) in [5.41, 5.74) is 0. The Kier molecular flexibility index (Phi) is 3.58. The summed E-state index contributed by atoms with van der Waals surface area (Å²) in [5, 5.41) is -0.0298. The number of rotatable bonds is 4. The molecule has 1 aromatic heterocycles. The van der Waals surface area contributed by atoms with E-state index in [1.54, 1.807) is 6.07 Å². The Morgan fingerprint density at radius 1 is 1.57 bits per heavy atom. The van der Waals surface area contributed by atoms with Gasteiger partial charge >= 0.3 is 0 Å². The molecule has 14 heavy (non-hydrogen) atoms. The summed E-state index contributed by atoms with van der Waals surface area (Å²) >= 11 is 5.47. The Hall–Kier alpha value is -0.520. The maximum absolute atomic E-state index is 11.1. The fourth-order valence-corrected chi connectivity index (χ4v) is 1.88. The second kappa shape index (κ2) is 4.33. The third kappa shape index (κ3) is 2.50. The molecule has 0 aromatic carbocycles. The molecule has 0 amide bonds. The highest BCUT2D eigenvalue weighted by Gasteiger charge is 2.17. The fraction of sp³-hybridized carbons (Fsp3) is 0.500. The van der Waals surface area contributed by atoms with Crippen LogP contribution in [0.25, 0.3) is 0 Å². The van der Waals surface area contributed by atoms with Gasteiger partial charge in [0, 0.05) is 6.26 Å². The molecule has 0 aliphatic heterocycles. The van der Waals surface area contributed by atoms with E-state index in [-0.39, 0.29) is 11.1 Å². The lowest BCUT2D eigenvalue weighted by atomic mass is 10.2.